The number of aldehydes is 1. The van der Waals surface area contributed by atoms with Gasteiger partial charge in [-0.2, -0.15) is 13.2 Å². The summed E-state index contributed by atoms with van der Waals surface area (Å²) in [6, 6.07) is 1.77. The summed E-state index contributed by atoms with van der Waals surface area (Å²) in [7, 11) is 0. The van der Waals surface area contributed by atoms with Gasteiger partial charge in [-0.1, -0.05) is 20.8 Å². The maximum Gasteiger partial charge on any atom is 0.416 e. The number of nitrogens with two attached hydrogens (primary N) is 1. The number of alkyl halides is 3. The van der Waals surface area contributed by atoms with Crippen molar-refractivity contribution in [2.24, 2.45) is 5.41 Å². The van der Waals surface area contributed by atoms with Crippen molar-refractivity contribution in [1.29, 1.82) is 0 Å². The Kier molecular flexibility index (Phi) is 4.65. The van der Waals surface area contributed by atoms with Crippen LogP contribution in [0.2, 0.25) is 0 Å². The summed E-state index contributed by atoms with van der Waals surface area (Å²) < 4.78 is 38.1. The second-order valence-electron chi connectivity index (χ2n) is 5.79. The van der Waals surface area contributed by atoms with Crippen LogP contribution in [-0.2, 0) is 11.0 Å². The maximum atomic E-state index is 12.7. The number of nitrogens with one attached hydrogen (secondary N) is 1. The first-order valence-corrected chi connectivity index (χ1v) is 6.19. The quantitative estimate of drug-likeness (QED) is 0.666. The second-order valence-corrected chi connectivity index (χ2v) is 5.79. The molecule has 0 radical (unpaired) electrons. The molecule has 21 heavy (non-hydrogen) atoms. The Morgan fingerprint density at radius 3 is 2.24 bits per heavy atom. The van der Waals surface area contributed by atoms with Crippen LogP contribution < -0.4 is 11.1 Å². The Morgan fingerprint density at radius 1 is 1.24 bits per heavy atom. The van der Waals surface area contributed by atoms with Crippen molar-refractivity contribution < 1.29 is 22.8 Å². The van der Waals surface area contributed by atoms with Gasteiger partial charge in [-0.15, -0.1) is 0 Å². The smallest absolute Gasteiger partial charge is 0.399 e. The van der Waals surface area contributed by atoms with E-state index in [2.05, 4.69) is 5.32 Å². The number of rotatable bonds is 3. The molecule has 4 nitrogen and oxygen atoms in total. The zero-order valence-electron chi connectivity index (χ0n) is 11.9. The molecule has 1 amide bonds. The van der Waals surface area contributed by atoms with E-state index < -0.39 is 29.1 Å². The zero-order valence-corrected chi connectivity index (χ0v) is 11.9. The largest absolute Gasteiger partial charge is 0.416 e. The first kappa shape index (κ1) is 17.0. The van der Waals surface area contributed by atoms with Gasteiger partial charge < -0.3 is 15.8 Å². The van der Waals surface area contributed by atoms with E-state index in [1.54, 1.807) is 20.8 Å². The molecule has 0 aliphatic rings. The van der Waals surface area contributed by atoms with E-state index in [0.29, 0.717) is 12.4 Å². The highest BCUT2D eigenvalue weighted by atomic mass is 19.4. The van der Waals surface area contributed by atoms with Gasteiger partial charge >= 0.3 is 6.18 Å². The summed E-state index contributed by atoms with van der Waals surface area (Å²) in [6.07, 6.45) is -4.05. The molecule has 1 atom stereocenters. The van der Waals surface area contributed by atoms with Gasteiger partial charge in [-0.05, 0) is 23.6 Å². The molecule has 1 rings (SSSR count). The topological polar surface area (TPSA) is 72.2 Å². The van der Waals surface area contributed by atoms with Gasteiger partial charge in [0.25, 0.3) is 5.91 Å². The van der Waals surface area contributed by atoms with Crippen molar-refractivity contribution in [3.63, 3.8) is 0 Å². The lowest BCUT2D eigenvalue weighted by molar-refractivity contribution is -0.137. The summed E-state index contributed by atoms with van der Waals surface area (Å²) in [4.78, 5) is 23.0. The van der Waals surface area contributed by atoms with Gasteiger partial charge in [0.05, 0.1) is 11.6 Å². The van der Waals surface area contributed by atoms with E-state index in [-0.39, 0.29) is 11.3 Å². The highest BCUT2D eigenvalue weighted by Gasteiger charge is 2.32. The van der Waals surface area contributed by atoms with Gasteiger partial charge in [0.1, 0.15) is 6.29 Å². The highest BCUT2D eigenvalue weighted by Crippen LogP contribution is 2.31. The number of halogens is 3. The van der Waals surface area contributed by atoms with Crippen LogP contribution in [0.3, 0.4) is 0 Å². The molecule has 0 aromatic heterocycles. The van der Waals surface area contributed by atoms with E-state index in [1.807, 2.05) is 0 Å². The number of benzene rings is 1. The standard InChI is InChI=1S/C14H17F3N2O2/c1-13(2,3)11(7-20)19-12(21)8-4-9(14(15,16)17)6-10(18)5-8/h4-7,11H,18H2,1-3H3,(H,19,21). The average Bonchev–Trinajstić information content (AvgIpc) is 2.32. The SMILES string of the molecule is CC(C)(C)C(C=O)NC(=O)c1cc(N)cc(C(F)(F)F)c1. The molecular formula is C14H17F3N2O2. The molecule has 1 unspecified atom stereocenters. The van der Waals surface area contributed by atoms with E-state index in [9.17, 15) is 22.8 Å². The summed E-state index contributed by atoms with van der Waals surface area (Å²) in [5.74, 6) is -0.778. The molecule has 3 N–H and O–H groups in total. The fourth-order valence-electron chi connectivity index (χ4n) is 1.63. The normalized spacial score (nSPS) is 13.6. The minimum absolute atomic E-state index is 0.173. The summed E-state index contributed by atoms with van der Waals surface area (Å²) in [5.41, 5.74) is 3.42. The van der Waals surface area contributed by atoms with Gasteiger partial charge in [0.2, 0.25) is 0 Å². The van der Waals surface area contributed by atoms with Gasteiger partial charge in [0.15, 0.2) is 0 Å². The van der Waals surface area contributed by atoms with Crippen molar-refractivity contribution in [3.8, 4) is 0 Å². The molecule has 0 aliphatic heterocycles. The summed E-state index contributed by atoms with van der Waals surface area (Å²) in [5, 5.41) is 2.40. The van der Waals surface area contributed by atoms with Crippen LogP contribution in [-0.4, -0.2) is 18.2 Å². The maximum absolute atomic E-state index is 12.7. The highest BCUT2D eigenvalue weighted by molar-refractivity contribution is 5.96. The van der Waals surface area contributed by atoms with E-state index in [4.69, 9.17) is 5.73 Å². The number of carbonyl (C=O) groups excluding carboxylic acids is 2. The van der Waals surface area contributed by atoms with E-state index in [0.717, 1.165) is 12.1 Å². The molecule has 0 spiro atoms. The van der Waals surface area contributed by atoms with Crippen molar-refractivity contribution in [2.45, 2.75) is 33.0 Å². The molecule has 0 saturated carbocycles. The molecular weight excluding hydrogens is 285 g/mol. The van der Waals surface area contributed by atoms with Crippen LogP contribution in [0.5, 0.6) is 0 Å². The van der Waals surface area contributed by atoms with Crippen molar-refractivity contribution in [1.82, 2.24) is 5.32 Å². The zero-order chi connectivity index (χ0) is 16.4. The Balaban J connectivity index is 3.08. The fourth-order valence-corrected chi connectivity index (χ4v) is 1.63. The molecule has 1 aromatic carbocycles. The molecule has 7 heteroatoms. The molecule has 0 fully saturated rings. The third-order valence-corrected chi connectivity index (χ3v) is 2.90. The molecule has 1 aromatic rings. The lowest BCUT2D eigenvalue weighted by Gasteiger charge is -2.26. The Hall–Kier alpha value is -2.05. The second kappa shape index (κ2) is 5.75. The lowest BCUT2D eigenvalue weighted by atomic mass is 9.87. The minimum atomic E-state index is -4.60. The van der Waals surface area contributed by atoms with Crippen molar-refractivity contribution >= 4 is 17.9 Å². The van der Waals surface area contributed by atoms with Gasteiger partial charge in [-0.25, -0.2) is 0 Å². The van der Waals surface area contributed by atoms with Gasteiger partial charge in [0, 0.05) is 11.3 Å². The van der Waals surface area contributed by atoms with Crippen LogP contribution in [0.4, 0.5) is 18.9 Å². The number of nitrogen functional groups attached to an aromatic ring is 1. The Bertz CT molecular complexity index is 548. The van der Waals surface area contributed by atoms with Crippen LogP contribution in [0.15, 0.2) is 18.2 Å². The first-order chi connectivity index (χ1) is 9.45. The van der Waals surface area contributed by atoms with Crippen molar-refractivity contribution in [3.05, 3.63) is 29.3 Å². The van der Waals surface area contributed by atoms with Crippen LogP contribution >= 0.6 is 0 Å². The van der Waals surface area contributed by atoms with Crippen molar-refractivity contribution in [2.75, 3.05) is 5.73 Å². The number of hydrogen-bond donors (Lipinski definition) is 2. The number of amides is 1. The van der Waals surface area contributed by atoms with Crippen LogP contribution in [0.1, 0.15) is 36.7 Å². The van der Waals surface area contributed by atoms with Gasteiger partial charge in [-0.3, -0.25) is 4.79 Å². The Labute approximate surface area is 120 Å². The minimum Gasteiger partial charge on any atom is -0.399 e. The molecule has 0 heterocycles. The fraction of sp³-hybridized carbons (Fsp3) is 0.429. The van der Waals surface area contributed by atoms with E-state index >= 15 is 0 Å². The average molecular weight is 302 g/mol. The predicted molar refractivity (Wildman–Crippen MR) is 72.6 cm³/mol. The van der Waals surface area contributed by atoms with Crippen LogP contribution in [0.25, 0.3) is 0 Å². The molecule has 0 bridgehead atoms. The molecule has 116 valence electrons. The molecule has 0 saturated heterocycles. The molecule has 0 aliphatic carbocycles. The number of carbonyl (C=O) groups is 2. The first-order valence-electron chi connectivity index (χ1n) is 6.19. The monoisotopic (exact) mass is 302 g/mol. The Morgan fingerprint density at radius 2 is 1.81 bits per heavy atom. The third-order valence-electron chi connectivity index (χ3n) is 2.90. The van der Waals surface area contributed by atoms with E-state index in [1.165, 1.54) is 0 Å². The summed E-state index contributed by atoms with van der Waals surface area (Å²) >= 11 is 0. The lowest BCUT2D eigenvalue weighted by Crippen LogP contribution is -2.44. The predicted octanol–water partition coefficient (Wildman–Crippen LogP) is 2.63. The third kappa shape index (κ3) is 4.47. The number of anilines is 1. The van der Waals surface area contributed by atoms with Crippen LogP contribution in [0, 0.1) is 5.41 Å². The summed E-state index contributed by atoms with van der Waals surface area (Å²) in [6.45, 7) is 5.19. The number of hydrogen-bond acceptors (Lipinski definition) is 3.